The molecule has 1 aliphatic rings. The minimum Gasteiger partial charge on any atom is -0.489 e. The van der Waals surface area contributed by atoms with Crippen LogP contribution in [0.5, 0.6) is 5.75 Å². The maximum absolute atomic E-state index is 11.3. The van der Waals surface area contributed by atoms with Gasteiger partial charge in [-0.05, 0) is 55.2 Å². The van der Waals surface area contributed by atoms with Gasteiger partial charge in [0.15, 0.2) is 0 Å². The van der Waals surface area contributed by atoms with Crippen molar-refractivity contribution in [3.8, 4) is 5.75 Å². The highest BCUT2D eigenvalue weighted by Gasteiger charge is 2.24. The van der Waals surface area contributed by atoms with Gasteiger partial charge in [0.1, 0.15) is 17.6 Å². The first-order valence-corrected chi connectivity index (χ1v) is 9.09. The molecule has 0 spiro atoms. The van der Waals surface area contributed by atoms with Crippen molar-refractivity contribution >= 4 is 11.5 Å². The molecule has 1 heterocycles. The van der Waals surface area contributed by atoms with E-state index in [0.717, 1.165) is 25.3 Å². The SMILES string of the molecule is CC(=O)C[C@@H](C)c1ccc(OC2CCN(c3cccc(C)c3)C2)cc1. The first kappa shape index (κ1) is 17.5. The number of hydrogen-bond acceptors (Lipinski definition) is 3. The normalized spacial score (nSPS) is 18.2. The largest absolute Gasteiger partial charge is 0.489 e. The molecule has 0 aromatic heterocycles. The van der Waals surface area contributed by atoms with E-state index in [1.807, 2.05) is 12.1 Å². The molecular formula is C22H27NO2. The lowest BCUT2D eigenvalue weighted by atomic mass is 9.96. The summed E-state index contributed by atoms with van der Waals surface area (Å²) in [6.07, 6.45) is 1.85. The van der Waals surface area contributed by atoms with Gasteiger partial charge in [0.25, 0.3) is 0 Å². The van der Waals surface area contributed by atoms with Crippen molar-refractivity contribution in [1.82, 2.24) is 0 Å². The van der Waals surface area contributed by atoms with E-state index in [9.17, 15) is 4.79 Å². The molecule has 1 unspecified atom stereocenters. The molecule has 0 saturated carbocycles. The first-order chi connectivity index (χ1) is 12.0. The molecule has 2 aromatic rings. The average Bonchev–Trinajstić information content (AvgIpc) is 3.03. The fraction of sp³-hybridized carbons (Fsp3) is 0.409. The first-order valence-electron chi connectivity index (χ1n) is 9.09. The number of Topliss-reactive ketones (excluding diaryl/α,β-unsaturated/α-hetero) is 1. The van der Waals surface area contributed by atoms with Gasteiger partial charge in [-0.15, -0.1) is 0 Å². The molecule has 2 aromatic carbocycles. The molecule has 0 bridgehead atoms. The number of aryl methyl sites for hydroxylation is 1. The Labute approximate surface area is 150 Å². The Kier molecular flexibility index (Phi) is 5.42. The summed E-state index contributed by atoms with van der Waals surface area (Å²) in [4.78, 5) is 13.7. The van der Waals surface area contributed by atoms with Crippen LogP contribution in [0.25, 0.3) is 0 Å². The summed E-state index contributed by atoms with van der Waals surface area (Å²) in [5, 5.41) is 0. The number of ketones is 1. The minimum atomic E-state index is 0.223. The highest BCUT2D eigenvalue weighted by atomic mass is 16.5. The molecule has 3 nitrogen and oxygen atoms in total. The Bertz CT molecular complexity index is 723. The number of ether oxygens (including phenoxy) is 1. The van der Waals surface area contributed by atoms with E-state index in [1.165, 1.54) is 16.8 Å². The highest BCUT2D eigenvalue weighted by molar-refractivity contribution is 5.76. The van der Waals surface area contributed by atoms with Crippen LogP contribution in [0.15, 0.2) is 48.5 Å². The second-order valence-corrected chi connectivity index (χ2v) is 7.19. The molecule has 0 amide bonds. The Balaban J connectivity index is 1.57. The van der Waals surface area contributed by atoms with Crippen LogP contribution < -0.4 is 9.64 Å². The maximum atomic E-state index is 11.3. The third-order valence-electron chi connectivity index (χ3n) is 4.86. The van der Waals surface area contributed by atoms with Crippen LogP contribution in [0.3, 0.4) is 0 Å². The van der Waals surface area contributed by atoms with E-state index in [1.54, 1.807) is 6.92 Å². The number of nitrogens with zero attached hydrogens (tertiary/aromatic N) is 1. The molecule has 0 radical (unpaired) electrons. The van der Waals surface area contributed by atoms with Crippen LogP contribution in [0.1, 0.15) is 43.7 Å². The molecule has 0 N–H and O–H groups in total. The van der Waals surface area contributed by atoms with Crippen molar-refractivity contribution in [2.75, 3.05) is 18.0 Å². The number of anilines is 1. The van der Waals surface area contributed by atoms with Crippen LogP contribution in [0.2, 0.25) is 0 Å². The fourth-order valence-electron chi connectivity index (χ4n) is 3.50. The van der Waals surface area contributed by atoms with Gasteiger partial charge in [0.05, 0.1) is 6.54 Å². The van der Waals surface area contributed by atoms with E-state index >= 15 is 0 Å². The van der Waals surface area contributed by atoms with E-state index in [4.69, 9.17) is 4.74 Å². The highest BCUT2D eigenvalue weighted by Crippen LogP contribution is 2.26. The van der Waals surface area contributed by atoms with Gasteiger partial charge < -0.3 is 14.4 Å². The molecule has 2 atom stereocenters. The number of carbonyl (C=O) groups is 1. The maximum Gasteiger partial charge on any atom is 0.130 e. The molecule has 0 aliphatic carbocycles. The van der Waals surface area contributed by atoms with Crippen LogP contribution >= 0.6 is 0 Å². The average molecular weight is 337 g/mol. The molecular weight excluding hydrogens is 310 g/mol. The lowest BCUT2D eigenvalue weighted by Gasteiger charge is -2.19. The topological polar surface area (TPSA) is 29.5 Å². The third kappa shape index (κ3) is 4.62. The zero-order valence-electron chi connectivity index (χ0n) is 15.4. The molecule has 1 saturated heterocycles. The van der Waals surface area contributed by atoms with E-state index in [2.05, 4.69) is 55.1 Å². The molecule has 3 rings (SSSR count). The van der Waals surface area contributed by atoms with Crippen LogP contribution in [0, 0.1) is 6.92 Å². The third-order valence-corrected chi connectivity index (χ3v) is 4.86. The van der Waals surface area contributed by atoms with Crippen molar-refractivity contribution in [2.24, 2.45) is 0 Å². The zero-order chi connectivity index (χ0) is 17.8. The van der Waals surface area contributed by atoms with Crippen LogP contribution in [0.4, 0.5) is 5.69 Å². The monoisotopic (exact) mass is 337 g/mol. The Morgan fingerprint density at radius 3 is 2.68 bits per heavy atom. The van der Waals surface area contributed by atoms with Crippen LogP contribution in [-0.2, 0) is 4.79 Å². The summed E-state index contributed by atoms with van der Waals surface area (Å²) in [5.41, 5.74) is 3.76. The second-order valence-electron chi connectivity index (χ2n) is 7.19. The van der Waals surface area contributed by atoms with Gasteiger partial charge >= 0.3 is 0 Å². The van der Waals surface area contributed by atoms with Crippen molar-refractivity contribution in [3.05, 3.63) is 59.7 Å². The number of hydrogen-bond donors (Lipinski definition) is 0. The van der Waals surface area contributed by atoms with Gasteiger partial charge in [-0.3, -0.25) is 0 Å². The molecule has 1 fully saturated rings. The van der Waals surface area contributed by atoms with Gasteiger partial charge in [-0.25, -0.2) is 0 Å². The quantitative estimate of drug-likeness (QED) is 0.763. The van der Waals surface area contributed by atoms with E-state index < -0.39 is 0 Å². The Morgan fingerprint density at radius 1 is 1.24 bits per heavy atom. The number of benzene rings is 2. The van der Waals surface area contributed by atoms with Crippen molar-refractivity contribution < 1.29 is 9.53 Å². The second kappa shape index (κ2) is 7.73. The molecule has 132 valence electrons. The fourth-order valence-corrected chi connectivity index (χ4v) is 3.50. The summed E-state index contributed by atoms with van der Waals surface area (Å²) in [7, 11) is 0. The minimum absolute atomic E-state index is 0.223. The predicted octanol–water partition coefficient (Wildman–Crippen LogP) is 4.74. The number of carbonyl (C=O) groups excluding carboxylic acids is 1. The van der Waals surface area contributed by atoms with Gasteiger partial charge in [-0.2, -0.15) is 0 Å². The standard InChI is InChI=1S/C22H27NO2/c1-16-5-4-6-20(13-16)23-12-11-22(15-23)25-21-9-7-19(8-10-21)17(2)14-18(3)24/h4-10,13,17,22H,11-12,14-15H2,1-3H3/t17-,22?/m1/s1. The summed E-state index contributed by atoms with van der Waals surface area (Å²) in [6.45, 7) is 7.82. The predicted molar refractivity (Wildman–Crippen MR) is 103 cm³/mol. The van der Waals surface area contributed by atoms with Crippen molar-refractivity contribution in [2.45, 2.75) is 45.6 Å². The Morgan fingerprint density at radius 2 is 2.00 bits per heavy atom. The summed E-state index contributed by atoms with van der Waals surface area (Å²) in [5.74, 6) is 1.40. The molecule has 1 aliphatic heterocycles. The molecule has 3 heteroatoms. The van der Waals surface area contributed by atoms with E-state index in [0.29, 0.717) is 6.42 Å². The molecule has 25 heavy (non-hydrogen) atoms. The Hall–Kier alpha value is -2.29. The smallest absolute Gasteiger partial charge is 0.130 e. The summed E-state index contributed by atoms with van der Waals surface area (Å²) < 4.78 is 6.16. The lowest BCUT2D eigenvalue weighted by Crippen LogP contribution is -2.24. The zero-order valence-corrected chi connectivity index (χ0v) is 15.4. The van der Waals surface area contributed by atoms with Crippen LogP contribution in [-0.4, -0.2) is 25.0 Å². The van der Waals surface area contributed by atoms with Gasteiger partial charge in [-0.1, -0.05) is 31.2 Å². The van der Waals surface area contributed by atoms with Gasteiger partial charge in [0.2, 0.25) is 0 Å². The summed E-state index contributed by atoms with van der Waals surface area (Å²) in [6, 6.07) is 16.9. The van der Waals surface area contributed by atoms with Crippen molar-refractivity contribution in [1.29, 1.82) is 0 Å². The van der Waals surface area contributed by atoms with Crippen molar-refractivity contribution in [3.63, 3.8) is 0 Å². The lowest BCUT2D eigenvalue weighted by molar-refractivity contribution is -0.117. The summed E-state index contributed by atoms with van der Waals surface area (Å²) >= 11 is 0. The van der Waals surface area contributed by atoms with Gasteiger partial charge in [0, 0.05) is 25.1 Å². The van der Waals surface area contributed by atoms with E-state index in [-0.39, 0.29) is 17.8 Å². The number of rotatable bonds is 6.